The summed E-state index contributed by atoms with van der Waals surface area (Å²) in [5, 5.41) is 12.0. The SMILES string of the molecule is COc1cccc(CC(=O)N[C@H](c2ccccc2)c2nnc(-c3ccc(Cl)cc3)o2)c1. The molecule has 1 aromatic heterocycles. The van der Waals surface area contributed by atoms with Gasteiger partial charge in [-0.1, -0.05) is 54.1 Å². The third-order valence-corrected chi connectivity index (χ3v) is 4.97. The monoisotopic (exact) mass is 433 g/mol. The number of nitrogens with zero attached hydrogens (tertiary/aromatic N) is 2. The van der Waals surface area contributed by atoms with Crippen LogP contribution in [0.15, 0.2) is 83.3 Å². The van der Waals surface area contributed by atoms with Gasteiger partial charge >= 0.3 is 0 Å². The van der Waals surface area contributed by atoms with Gasteiger partial charge in [-0.15, -0.1) is 10.2 Å². The van der Waals surface area contributed by atoms with Crippen molar-refractivity contribution in [1.29, 1.82) is 0 Å². The molecule has 0 saturated heterocycles. The number of methoxy groups -OCH3 is 1. The molecule has 1 amide bonds. The zero-order valence-electron chi connectivity index (χ0n) is 16.8. The minimum Gasteiger partial charge on any atom is -0.497 e. The first-order valence-electron chi connectivity index (χ1n) is 9.69. The second kappa shape index (κ2) is 9.45. The van der Waals surface area contributed by atoms with E-state index in [0.717, 1.165) is 16.7 Å². The highest BCUT2D eigenvalue weighted by atomic mass is 35.5. The Morgan fingerprint density at radius 1 is 1.03 bits per heavy atom. The van der Waals surface area contributed by atoms with E-state index < -0.39 is 6.04 Å². The molecule has 156 valence electrons. The molecule has 31 heavy (non-hydrogen) atoms. The smallest absolute Gasteiger partial charge is 0.247 e. The van der Waals surface area contributed by atoms with Crippen LogP contribution in [0.2, 0.25) is 5.02 Å². The molecule has 0 unspecified atom stereocenters. The van der Waals surface area contributed by atoms with Crippen LogP contribution in [0.3, 0.4) is 0 Å². The number of carbonyl (C=O) groups is 1. The first-order chi connectivity index (χ1) is 15.1. The quantitative estimate of drug-likeness (QED) is 0.451. The average molecular weight is 434 g/mol. The Bertz CT molecular complexity index is 1160. The summed E-state index contributed by atoms with van der Waals surface area (Å²) in [6.45, 7) is 0. The number of nitrogens with one attached hydrogen (secondary N) is 1. The van der Waals surface area contributed by atoms with E-state index in [1.165, 1.54) is 0 Å². The van der Waals surface area contributed by atoms with E-state index in [4.69, 9.17) is 20.8 Å². The van der Waals surface area contributed by atoms with Crippen molar-refractivity contribution in [3.63, 3.8) is 0 Å². The number of halogens is 1. The summed E-state index contributed by atoms with van der Waals surface area (Å²) in [4.78, 5) is 12.8. The highest BCUT2D eigenvalue weighted by molar-refractivity contribution is 6.30. The maximum Gasteiger partial charge on any atom is 0.247 e. The molecule has 0 aliphatic carbocycles. The largest absolute Gasteiger partial charge is 0.497 e. The van der Waals surface area contributed by atoms with Crippen molar-refractivity contribution in [2.75, 3.05) is 7.11 Å². The third kappa shape index (κ3) is 5.10. The van der Waals surface area contributed by atoms with Gasteiger partial charge in [-0.25, -0.2) is 0 Å². The van der Waals surface area contributed by atoms with E-state index >= 15 is 0 Å². The molecule has 0 aliphatic heterocycles. The van der Waals surface area contributed by atoms with Crippen LogP contribution < -0.4 is 10.1 Å². The maximum absolute atomic E-state index is 12.8. The molecule has 7 heteroatoms. The van der Waals surface area contributed by atoms with E-state index in [1.807, 2.05) is 54.6 Å². The Balaban J connectivity index is 1.58. The van der Waals surface area contributed by atoms with Crippen molar-refractivity contribution < 1.29 is 13.9 Å². The Kier molecular flexibility index (Phi) is 6.29. The lowest BCUT2D eigenvalue weighted by Gasteiger charge is -2.16. The van der Waals surface area contributed by atoms with Crippen molar-refractivity contribution in [2.45, 2.75) is 12.5 Å². The lowest BCUT2D eigenvalue weighted by molar-refractivity contribution is -0.121. The van der Waals surface area contributed by atoms with Crippen LogP contribution in [0.4, 0.5) is 0 Å². The van der Waals surface area contributed by atoms with Gasteiger partial charge < -0.3 is 14.5 Å². The summed E-state index contributed by atoms with van der Waals surface area (Å²) in [5.41, 5.74) is 2.43. The lowest BCUT2D eigenvalue weighted by Crippen LogP contribution is -2.30. The number of hydrogen-bond acceptors (Lipinski definition) is 5. The van der Waals surface area contributed by atoms with E-state index in [1.54, 1.807) is 31.4 Å². The van der Waals surface area contributed by atoms with Crippen LogP contribution in [0.5, 0.6) is 5.75 Å². The molecule has 1 atom stereocenters. The number of benzene rings is 3. The van der Waals surface area contributed by atoms with Crippen LogP contribution in [-0.4, -0.2) is 23.2 Å². The molecule has 0 bridgehead atoms. The van der Waals surface area contributed by atoms with Crippen LogP contribution in [0.1, 0.15) is 23.1 Å². The number of aromatic nitrogens is 2. The molecule has 0 spiro atoms. The fraction of sp³-hybridized carbons (Fsp3) is 0.125. The molecule has 6 nitrogen and oxygen atoms in total. The molecule has 0 saturated carbocycles. The van der Waals surface area contributed by atoms with Gasteiger partial charge in [0.05, 0.1) is 13.5 Å². The van der Waals surface area contributed by atoms with Gasteiger partial charge in [-0.2, -0.15) is 0 Å². The van der Waals surface area contributed by atoms with Gasteiger partial charge in [0.15, 0.2) is 0 Å². The van der Waals surface area contributed by atoms with E-state index in [0.29, 0.717) is 22.6 Å². The molecule has 0 radical (unpaired) electrons. The zero-order chi connectivity index (χ0) is 21.6. The van der Waals surface area contributed by atoms with Gasteiger partial charge in [0, 0.05) is 10.6 Å². The predicted octanol–water partition coefficient (Wildman–Crippen LogP) is 4.85. The Morgan fingerprint density at radius 3 is 2.55 bits per heavy atom. The number of hydrogen-bond donors (Lipinski definition) is 1. The molecule has 1 N–H and O–H groups in total. The van der Waals surface area contributed by atoms with Gasteiger partial charge in [0.2, 0.25) is 17.7 Å². The molecule has 0 aliphatic rings. The van der Waals surface area contributed by atoms with Crippen molar-refractivity contribution >= 4 is 17.5 Å². The highest BCUT2D eigenvalue weighted by Gasteiger charge is 2.23. The summed E-state index contributed by atoms with van der Waals surface area (Å²) >= 11 is 5.96. The van der Waals surface area contributed by atoms with Crippen LogP contribution in [0, 0.1) is 0 Å². The lowest BCUT2D eigenvalue weighted by atomic mass is 10.1. The first kappa shape index (κ1) is 20.6. The highest BCUT2D eigenvalue weighted by Crippen LogP contribution is 2.26. The Morgan fingerprint density at radius 2 is 1.81 bits per heavy atom. The molecular weight excluding hydrogens is 414 g/mol. The number of carbonyl (C=O) groups excluding carboxylic acids is 1. The number of ether oxygens (including phenoxy) is 1. The van der Waals surface area contributed by atoms with Crippen LogP contribution in [0.25, 0.3) is 11.5 Å². The fourth-order valence-electron chi connectivity index (χ4n) is 3.17. The van der Waals surface area contributed by atoms with Crippen molar-refractivity contribution in [2.24, 2.45) is 0 Å². The maximum atomic E-state index is 12.8. The van der Waals surface area contributed by atoms with Gasteiger partial charge in [0.25, 0.3) is 0 Å². The molecule has 1 heterocycles. The summed E-state index contributed by atoms with van der Waals surface area (Å²) in [5.74, 6) is 1.19. The van der Waals surface area contributed by atoms with Crippen molar-refractivity contribution in [3.05, 3.63) is 101 Å². The minimum atomic E-state index is -0.576. The standard InChI is InChI=1S/C24H20ClN3O3/c1-30-20-9-5-6-16(14-20)15-21(29)26-22(17-7-3-2-4-8-17)24-28-27-23(31-24)18-10-12-19(25)13-11-18/h2-14,22H,15H2,1H3,(H,26,29)/t22-/m1/s1. The molecule has 4 aromatic rings. The Labute approximate surface area is 184 Å². The third-order valence-electron chi connectivity index (χ3n) is 4.72. The summed E-state index contributed by atoms with van der Waals surface area (Å²) in [6, 6.07) is 23.5. The van der Waals surface area contributed by atoms with Crippen LogP contribution in [-0.2, 0) is 11.2 Å². The van der Waals surface area contributed by atoms with Crippen molar-refractivity contribution in [3.8, 4) is 17.2 Å². The minimum absolute atomic E-state index is 0.173. The molecular formula is C24H20ClN3O3. The second-order valence-electron chi connectivity index (χ2n) is 6.89. The Hall–Kier alpha value is -3.64. The topological polar surface area (TPSA) is 77.2 Å². The fourth-order valence-corrected chi connectivity index (χ4v) is 3.30. The molecule has 4 rings (SSSR count). The molecule has 0 fully saturated rings. The number of rotatable bonds is 7. The van der Waals surface area contributed by atoms with Crippen LogP contribution >= 0.6 is 11.6 Å². The van der Waals surface area contributed by atoms with Gasteiger partial charge in [-0.05, 0) is 47.5 Å². The van der Waals surface area contributed by atoms with Gasteiger partial charge in [0.1, 0.15) is 11.8 Å². The van der Waals surface area contributed by atoms with Gasteiger partial charge in [-0.3, -0.25) is 4.79 Å². The summed E-state index contributed by atoms with van der Waals surface area (Å²) in [7, 11) is 1.60. The first-order valence-corrected chi connectivity index (χ1v) is 10.1. The second-order valence-corrected chi connectivity index (χ2v) is 7.33. The normalized spacial score (nSPS) is 11.7. The molecule has 3 aromatic carbocycles. The predicted molar refractivity (Wildman–Crippen MR) is 118 cm³/mol. The van der Waals surface area contributed by atoms with E-state index in [2.05, 4.69) is 15.5 Å². The number of amides is 1. The zero-order valence-corrected chi connectivity index (χ0v) is 17.5. The average Bonchev–Trinajstić information content (AvgIpc) is 3.28. The van der Waals surface area contributed by atoms with Crippen molar-refractivity contribution in [1.82, 2.24) is 15.5 Å². The summed E-state index contributed by atoms with van der Waals surface area (Å²) < 4.78 is 11.1. The van der Waals surface area contributed by atoms with E-state index in [-0.39, 0.29) is 12.3 Å². The van der Waals surface area contributed by atoms with E-state index in [9.17, 15) is 4.79 Å². The summed E-state index contributed by atoms with van der Waals surface area (Å²) in [6.07, 6.45) is 0.193.